The molecule has 0 radical (unpaired) electrons. The highest BCUT2D eigenvalue weighted by Crippen LogP contribution is 2.19. The Bertz CT molecular complexity index is 682. The minimum atomic E-state index is -0.0909. The molecule has 0 spiro atoms. The summed E-state index contributed by atoms with van der Waals surface area (Å²) >= 11 is 0. The number of carbonyl (C=O) groups excluding carboxylic acids is 2. The average molecular weight is 498 g/mol. The lowest BCUT2D eigenvalue weighted by Crippen LogP contribution is -2.43. The van der Waals surface area contributed by atoms with Crippen molar-refractivity contribution in [3.8, 4) is 0 Å². The number of aryl methyl sites for hydroxylation is 1. The van der Waals surface area contributed by atoms with E-state index in [4.69, 9.17) is 0 Å². The molecule has 2 rings (SSSR count). The zero-order valence-corrected chi connectivity index (χ0v) is 22.3. The second kappa shape index (κ2) is 18.7. The van der Waals surface area contributed by atoms with Gasteiger partial charge >= 0.3 is 0 Å². The van der Waals surface area contributed by atoms with Gasteiger partial charge in [0.1, 0.15) is 5.82 Å². The number of amides is 2. The lowest BCUT2D eigenvalue weighted by molar-refractivity contribution is -0.126. The van der Waals surface area contributed by atoms with Crippen LogP contribution in [0.15, 0.2) is 12.4 Å². The van der Waals surface area contributed by atoms with Gasteiger partial charge in [-0.1, -0.05) is 64.7 Å². The van der Waals surface area contributed by atoms with Crippen molar-refractivity contribution < 1.29 is 9.59 Å². The Morgan fingerprint density at radius 3 is 2.26 bits per heavy atom. The Morgan fingerprint density at radius 2 is 1.62 bits per heavy atom. The van der Waals surface area contributed by atoms with Gasteiger partial charge in [-0.25, -0.2) is 4.98 Å². The second-order valence-corrected chi connectivity index (χ2v) is 9.51. The summed E-state index contributed by atoms with van der Waals surface area (Å²) < 4.78 is 2.00. The molecule has 2 N–H and O–H groups in total. The topological polar surface area (TPSA) is 79.3 Å². The zero-order chi connectivity index (χ0) is 23.7. The number of hydrogen-bond acceptors (Lipinski definition) is 4. The highest BCUT2D eigenvalue weighted by molar-refractivity contribution is 5.85. The minimum Gasteiger partial charge on any atom is -0.356 e. The van der Waals surface area contributed by atoms with Crippen LogP contribution in [0.3, 0.4) is 0 Å². The monoisotopic (exact) mass is 497 g/mol. The standard InChI is InChI=1S/C26H47N5O2.ClH/c1-3-4-5-6-7-8-9-10-11-12-17-28-25(32)16-13-18-29-26(33)23-15-14-20-31(23)22-24-27-19-21-30(24)2;/h19,21,23H,3-18,20,22H2,1-2H3,(H,28,32)(H,29,33);1H. The molecule has 1 unspecified atom stereocenters. The smallest absolute Gasteiger partial charge is 0.237 e. The van der Waals surface area contributed by atoms with E-state index in [-0.39, 0.29) is 30.3 Å². The van der Waals surface area contributed by atoms with Crippen molar-refractivity contribution >= 4 is 24.2 Å². The maximum Gasteiger partial charge on any atom is 0.237 e. The minimum absolute atomic E-state index is 0. The fourth-order valence-electron chi connectivity index (χ4n) is 4.55. The summed E-state index contributed by atoms with van der Waals surface area (Å²) in [5.41, 5.74) is 0. The van der Waals surface area contributed by atoms with Crippen LogP contribution in [0.4, 0.5) is 0 Å². The van der Waals surface area contributed by atoms with E-state index in [1.807, 2.05) is 17.8 Å². The normalized spacial score (nSPS) is 15.8. The summed E-state index contributed by atoms with van der Waals surface area (Å²) in [6.07, 6.45) is 19.8. The summed E-state index contributed by atoms with van der Waals surface area (Å²) in [4.78, 5) is 31.2. The van der Waals surface area contributed by atoms with Gasteiger partial charge in [-0.2, -0.15) is 0 Å². The van der Waals surface area contributed by atoms with Gasteiger partial charge in [0, 0.05) is 39.0 Å². The lowest BCUT2D eigenvalue weighted by Gasteiger charge is -2.23. The molecule has 1 atom stereocenters. The third-order valence-corrected chi connectivity index (χ3v) is 6.66. The number of halogens is 1. The third kappa shape index (κ3) is 12.2. The van der Waals surface area contributed by atoms with Crippen LogP contribution < -0.4 is 10.6 Å². The van der Waals surface area contributed by atoms with Crippen molar-refractivity contribution in [2.75, 3.05) is 19.6 Å². The summed E-state index contributed by atoms with van der Waals surface area (Å²) in [5, 5.41) is 6.05. The number of hydrogen-bond donors (Lipinski definition) is 2. The number of carbonyl (C=O) groups is 2. The summed E-state index contributed by atoms with van der Waals surface area (Å²) in [6.45, 7) is 5.20. The number of imidazole rings is 1. The van der Waals surface area contributed by atoms with Gasteiger partial charge in [-0.15, -0.1) is 12.4 Å². The van der Waals surface area contributed by atoms with Gasteiger partial charge in [0.05, 0.1) is 12.6 Å². The van der Waals surface area contributed by atoms with E-state index in [0.717, 1.165) is 38.2 Å². The largest absolute Gasteiger partial charge is 0.356 e. The molecule has 1 aromatic heterocycles. The first-order valence-corrected chi connectivity index (χ1v) is 13.4. The molecule has 1 aliphatic heterocycles. The molecule has 1 fully saturated rings. The van der Waals surface area contributed by atoms with E-state index in [1.165, 1.54) is 57.8 Å². The molecule has 0 saturated carbocycles. The van der Waals surface area contributed by atoms with Crippen LogP contribution in [-0.4, -0.2) is 51.9 Å². The van der Waals surface area contributed by atoms with Gasteiger partial charge in [-0.3, -0.25) is 14.5 Å². The van der Waals surface area contributed by atoms with Crippen LogP contribution in [0, 0.1) is 0 Å². The Morgan fingerprint density at radius 1 is 0.971 bits per heavy atom. The fourth-order valence-corrected chi connectivity index (χ4v) is 4.55. The van der Waals surface area contributed by atoms with Crippen molar-refractivity contribution in [1.29, 1.82) is 0 Å². The van der Waals surface area contributed by atoms with Crippen molar-refractivity contribution in [2.24, 2.45) is 7.05 Å². The van der Waals surface area contributed by atoms with E-state index in [1.54, 1.807) is 6.20 Å². The third-order valence-electron chi connectivity index (χ3n) is 6.66. The Kier molecular flexibility index (Phi) is 16.7. The number of aromatic nitrogens is 2. The molecule has 0 bridgehead atoms. The van der Waals surface area contributed by atoms with Crippen molar-refractivity contribution in [1.82, 2.24) is 25.1 Å². The Hall–Kier alpha value is -1.60. The van der Waals surface area contributed by atoms with E-state index >= 15 is 0 Å². The van der Waals surface area contributed by atoms with E-state index in [9.17, 15) is 9.59 Å². The predicted octanol–water partition coefficient (Wildman–Crippen LogP) is 4.74. The van der Waals surface area contributed by atoms with Crippen molar-refractivity contribution in [3.63, 3.8) is 0 Å². The highest BCUT2D eigenvalue weighted by atomic mass is 35.5. The molecule has 1 saturated heterocycles. The number of likely N-dealkylation sites (tertiary alicyclic amines) is 1. The van der Waals surface area contributed by atoms with Gasteiger partial charge in [-0.05, 0) is 32.2 Å². The number of unbranched alkanes of at least 4 members (excludes halogenated alkanes) is 9. The summed E-state index contributed by atoms with van der Waals surface area (Å²) in [7, 11) is 1.98. The van der Waals surface area contributed by atoms with Gasteiger partial charge in [0.15, 0.2) is 0 Å². The zero-order valence-electron chi connectivity index (χ0n) is 21.5. The number of nitrogens with one attached hydrogen (secondary N) is 2. The number of nitrogens with zero attached hydrogens (tertiary/aromatic N) is 3. The Labute approximate surface area is 213 Å². The molecule has 1 aliphatic rings. The summed E-state index contributed by atoms with van der Waals surface area (Å²) in [6, 6.07) is -0.0909. The first kappa shape index (κ1) is 30.4. The van der Waals surface area contributed by atoms with E-state index < -0.39 is 0 Å². The molecule has 2 heterocycles. The molecule has 1 aromatic rings. The van der Waals surface area contributed by atoms with Crippen LogP contribution in [0.2, 0.25) is 0 Å². The molecular weight excluding hydrogens is 450 g/mol. The van der Waals surface area contributed by atoms with Crippen LogP contribution >= 0.6 is 12.4 Å². The first-order valence-electron chi connectivity index (χ1n) is 13.4. The lowest BCUT2D eigenvalue weighted by atomic mass is 10.1. The van der Waals surface area contributed by atoms with Gasteiger partial charge in [0.25, 0.3) is 0 Å². The van der Waals surface area contributed by atoms with Gasteiger partial charge < -0.3 is 15.2 Å². The van der Waals surface area contributed by atoms with Crippen molar-refractivity contribution in [2.45, 2.75) is 109 Å². The molecule has 8 heteroatoms. The second-order valence-electron chi connectivity index (χ2n) is 9.51. The molecule has 2 amide bonds. The van der Waals surface area contributed by atoms with Crippen LogP contribution in [0.25, 0.3) is 0 Å². The summed E-state index contributed by atoms with van der Waals surface area (Å²) in [5.74, 6) is 1.15. The predicted molar refractivity (Wildman–Crippen MR) is 141 cm³/mol. The van der Waals surface area contributed by atoms with Gasteiger partial charge in [0.2, 0.25) is 11.8 Å². The molecule has 0 aliphatic carbocycles. The first-order chi connectivity index (χ1) is 16.1. The quantitative estimate of drug-likeness (QED) is 0.287. The maximum atomic E-state index is 12.6. The fraction of sp³-hybridized carbons (Fsp3) is 0.808. The van der Waals surface area contributed by atoms with Crippen LogP contribution in [-0.2, 0) is 23.2 Å². The number of rotatable bonds is 18. The average Bonchev–Trinajstić information content (AvgIpc) is 3.44. The van der Waals surface area contributed by atoms with E-state index in [0.29, 0.717) is 25.9 Å². The van der Waals surface area contributed by atoms with E-state index in [2.05, 4.69) is 27.4 Å². The highest BCUT2D eigenvalue weighted by Gasteiger charge is 2.31. The molecule has 196 valence electrons. The SMILES string of the molecule is CCCCCCCCCCCCNC(=O)CCCNC(=O)C1CCCN1Cc1nccn1C.Cl. The maximum absolute atomic E-state index is 12.6. The van der Waals surface area contributed by atoms with Crippen LogP contribution in [0.1, 0.15) is 103 Å². The molecule has 34 heavy (non-hydrogen) atoms. The van der Waals surface area contributed by atoms with Crippen LogP contribution in [0.5, 0.6) is 0 Å². The van der Waals surface area contributed by atoms with Crippen molar-refractivity contribution in [3.05, 3.63) is 18.2 Å². The molecular formula is C26H48ClN5O2. The molecule has 0 aromatic carbocycles. The Balaban J connectivity index is 0.00000578. The molecule has 7 nitrogen and oxygen atoms in total.